The number of hydrogen-bond donors (Lipinski definition) is 2. The summed E-state index contributed by atoms with van der Waals surface area (Å²) in [5, 5.41) is 20.6. The van der Waals surface area contributed by atoms with Gasteiger partial charge < -0.3 is 19.9 Å². The Bertz CT molecular complexity index is 787. The van der Waals surface area contributed by atoms with E-state index in [1.807, 2.05) is 0 Å². The van der Waals surface area contributed by atoms with E-state index < -0.39 is 38.7 Å². The molecule has 0 aliphatic carbocycles. The van der Waals surface area contributed by atoms with Gasteiger partial charge in [-0.3, -0.25) is 9.35 Å². The Balaban J connectivity index is 2.61. The van der Waals surface area contributed by atoms with Gasteiger partial charge in [-0.25, -0.2) is 0 Å². The Hall–Kier alpha value is -1.10. The molecule has 1 aromatic carbocycles. The molecule has 0 aromatic heterocycles. The molecule has 0 bridgehead atoms. The van der Waals surface area contributed by atoms with Crippen LogP contribution in [-0.4, -0.2) is 48.6 Å². The number of anilines is 1. The number of fused-ring (bicyclic) bond motifs is 1. The summed E-state index contributed by atoms with van der Waals surface area (Å²) in [6.45, 7) is 2.85. The van der Waals surface area contributed by atoms with Crippen LogP contribution >= 0.6 is 23.2 Å². The van der Waals surface area contributed by atoms with Crippen LogP contribution in [0, 0.1) is 5.21 Å². The van der Waals surface area contributed by atoms with Crippen LogP contribution in [0.2, 0.25) is 10.0 Å². The molecule has 134 valence electrons. The highest BCUT2D eigenvalue weighted by atomic mass is 35.5. The van der Waals surface area contributed by atoms with Crippen molar-refractivity contribution in [2.24, 2.45) is 0 Å². The molecule has 0 spiro atoms. The molecule has 1 aromatic rings. The fourth-order valence-electron chi connectivity index (χ4n) is 2.92. The molecule has 1 aliphatic heterocycles. The topological polar surface area (TPSA) is 118 Å². The summed E-state index contributed by atoms with van der Waals surface area (Å²) in [5.41, 5.74) is 0.558. The standard InChI is InChI=1S/C13H16Cl2N2O6S/c1-3-16-7(2)17(20,6-12(13(18)19)24(21,22)23)11-5-9(15)8(14)4-10(11)16/h4-5,7,12H,3,6H2,1-2H3,(H,18,19)(H,21,22,23). The largest absolute Gasteiger partial charge is 0.626 e. The van der Waals surface area contributed by atoms with Crippen molar-refractivity contribution < 1.29 is 22.9 Å². The molecule has 0 fully saturated rings. The lowest BCUT2D eigenvalue weighted by Gasteiger charge is -2.44. The lowest BCUT2D eigenvalue weighted by Crippen LogP contribution is -2.59. The van der Waals surface area contributed by atoms with E-state index in [2.05, 4.69) is 0 Å². The summed E-state index contributed by atoms with van der Waals surface area (Å²) in [6, 6.07) is 2.79. The summed E-state index contributed by atoms with van der Waals surface area (Å²) in [6.07, 6.45) is -0.817. The van der Waals surface area contributed by atoms with Gasteiger partial charge in [0.25, 0.3) is 10.1 Å². The van der Waals surface area contributed by atoms with Crippen molar-refractivity contribution in [2.45, 2.75) is 25.3 Å². The highest BCUT2D eigenvalue weighted by molar-refractivity contribution is 7.87. The maximum Gasteiger partial charge on any atom is 0.330 e. The second kappa shape index (κ2) is 6.32. The van der Waals surface area contributed by atoms with Gasteiger partial charge in [0, 0.05) is 19.5 Å². The number of hydroxylamine groups is 2. The van der Waals surface area contributed by atoms with E-state index in [4.69, 9.17) is 32.9 Å². The van der Waals surface area contributed by atoms with E-state index in [0.717, 1.165) is 0 Å². The number of aliphatic carboxylic acids is 1. The molecule has 3 unspecified atom stereocenters. The van der Waals surface area contributed by atoms with E-state index >= 15 is 0 Å². The molecule has 0 saturated heterocycles. The first-order chi connectivity index (χ1) is 10.9. The molecule has 0 saturated carbocycles. The van der Waals surface area contributed by atoms with Crippen molar-refractivity contribution in [3.63, 3.8) is 0 Å². The maximum atomic E-state index is 13.4. The fraction of sp³-hybridized carbons (Fsp3) is 0.462. The first-order valence-electron chi connectivity index (χ1n) is 6.97. The minimum atomic E-state index is -4.95. The number of carboxylic acids is 1. The Labute approximate surface area is 149 Å². The van der Waals surface area contributed by atoms with Crippen molar-refractivity contribution in [3.8, 4) is 0 Å². The van der Waals surface area contributed by atoms with Crippen molar-refractivity contribution in [3.05, 3.63) is 27.4 Å². The molecule has 0 amide bonds. The minimum Gasteiger partial charge on any atom is -0.626 e. The molecular weight excluding hydrogens is 383 g/mol. The van der Waals surface area contributed by atoms with Crippen LogP contribution in [0.5, 0.6) is 0 Å². The third-order valence-corrected chi connectivity index (χ3v) is 5.99. The van der Waals surface area contributed by atoms with Crippen LogP contribution in [0.1, 0.15) is 13.8 Å². The lowest BCUT2D eigenvalue weighted by molar-refractivity contribution is -0.136. The van der Waals surface area contributed by atoms with Crippen LogP contribution < -0.4 is 9.55 Å². The van der Waals surface area contributed by atoms with Crippen LogP contribution in [0.15, 0.2) is 12.1 Å². The van der Waals surface area contributed by atoms with Gasteiger partial charge in [-0.05, 0) is 13.0 Å². The number of rotatable bonds is 5. The quantitative estimate of drug-likeness (QED) is 0.443. The first kappa shape index (κ1) is 19.2. The van der Waals surface area contributed by atoms with Crippen molar-refractivity contribution in [1.82, 2.24) is 4.65 Å². The van der Waals surface area contributed by atoms with Crippen molar-refractivity contribution >= 4 is 50.7 Å². The Morgan fingerprint density at radius 3 is 2.42 bits per heavy atom. The minimum absolute atomic E-state index is 0.0950. The summed E-state index contributed by atoms with van der Waals surface area (Å²) < 4.78 is 30.6. The third-order valence-electron chi connectivity index (χ3n) is 4.20. The predicted molar refractivity (Wildman–Crippen MR) is 91.9 cm³/mol. The number of halogens is 2. The SMILES string of the molecule is CCN1c2cc(Cl)c(Cl)cc2[N+]([O-])(CC(C(=O)O)S(=O)(=O)O)C1C. The zero-order valence-electron chi connectivity index (χ0n) is 12.8. The number of hydrogen-bond acceptors (Lipinski definition) is 5. The van der Waals surface area contributed by atoms with E-state index in [1.54, 1.807) is 18.7 Å². The molecule has 3 atom stereocenters. The van der Waals surface area contributed by atoms with Crippen molar-refractivity contribution in [2.75, 3.05) is 18.0 Å². The third kappa shape index (κ3) is 3.07. The predicted octanol–water partition coefficient (Wildman–Crippen LogP) is 2.33. The van der Waals surface area contributed by atoms with Crippen LogP contribution in [0.25, 0.3) is 0 Å². The van der Waals surface area contributed by atoms with Gasteiger partial charge in [-0.1, -0.05) is 23.2 Å². The summed E-state index contributed by atoms with van der Waals surface area (Å²) in [5.74, 6) is -1.80. The first-order valence-corrected chi connectivity index (χ1v) is 9.23. The monoisotopic (exact) mass is 398 g/mol. The zero-order chi connectivity index (χ0) is 18.4. The van der Waals surface area contributed by atoms with Gasteiger partial charge in [0.2, 0.25) is 5.25 Å². The molecule has 1 aliphatic rings. The smallest absolute Gasteiger partial charge is 0.330 e. The molecule has 11 heteroatoms. The van der Waals surface area contributed by atoms with Crippen molar-refractivity contribution in [1.29, 1.82) is 0 Å². The number of carbonyl (C=O) groups is 1. The summed E-state index contributed by atoms with van der Waals surface area (Å²) in [7, 11) is -4.95. The average molecular weight is 399 g/mol. The molecule has 24 heavy (non-hydrogen) atoms. The summed E-state index contributed by atoms with van der Waals surface area (Å²) in [4.78, 5) is 12.9. The zero-order valence-corrected chi connectivity index (χ0v) is 15.1. The van der Waals surface area contributed by atoms with Gasteiger partial charge >= 0.3 is 5.97 Å². The van der Waals surface area contributed by atoms with Gasteiger partial charge in [0.1, 0.15) is 12.2 Å². The second-order valence-corrected chi connectivity index (χ2v) is 7.91. The van der Waals surface area contributed by atoms with Crippen LogP contribution in [0.4, 0.5) is 11.4 Å². The average Bonchev–Trinajstić information content (AvgIpc) is 2.65. The molecule has 2 rings (SSSR count). The Morgan fingerprint density at radius 2 is 1.96 bits per heavy atom. The molecule has 1 heterocycles. The highest BCUT2D eigenvalue weighted by Crippen LogP contribution is 2.48. The number of carboxylic acid groups (broad SMARTS) is 1. The van der Waals surface area contributed by atoms with E-state index in [0.29, 0.717) is 12.2 Å². The molecule has 2 N–H and O–H groups in total. The molecule has 0 radical (unpaired) electrons. The lowest BCUT2D eigenvalue weighted by atomic mass is 10.2. The Morgan fingerprint density at radius 1 is 1.42 bits per heavy atom. The van der Waals surface area contributed by atoms with Gasteiger partial charge in [0.15, 0.2) is 11.9 Å². The Kier molecular flexibility index (Phi) is 5.06. The maximum absolute atomic E-state index is 13.4. The number of nitrogens with zero attached hydrogens (tertiary/aromatic N) is 2. The fourth-order valence-corrected chi connectivity index (χ4v) is 3.90. The normalized spacial score (nSPS) is 24.8. The van der Waals surface area contributed by atoms with Crippen LogP contribution in [-0.2, 0) is 14.9 Å². The molecular formula is C13H16Cl2N2O6S. The van der Waals surface area contributed by atoms with E-state index in [1.165, 1.54) is 12.1 Å². The van der Waals surface area contributed by atoms with E-state index in [-0.39, 0.29) is 15.7 Å². The summed E-state index contributed by atoms with van der Waals surface area (Å²) >= 11 is 12.0. The van der Waals surface area contributed by atoms with Gasteiger partial charge in [-0.15, -0.1) is 0 Å². The highest BCUT2D eigenvalue weighted by Gasteiger charge is 2.48. The van der Waals surface area contributed by atoms with Crippen LogP contribution in [0.3, 0.4) is 0 Å². The second-order valence-electron chi connectivity index (χ2n) is 5.49. The number of benzene rings is 1. The number of quaternary nitrogens is 1. The van der Waals surface area contributed by atoms with Gasteiger partial charge in [-0.2, -0.15) is 8.42 Å². The van der Waals surface area contributed by atoms with Gasteiger partial charge in [0.05, 0.1) is 10.0 Å². The van der Waals surface area contributed by atoms with E-state index in [9.17, 15) is 18.4 Å². The molecule has 8 nitrogen and oxygen atoms in total.